The lowest BCUT2D eigenvalue weighted by Gasteiger charge is -2.41. The van der Waals surface area contributed by atoms with Crippen molar-refractivity contribution in [2.24, 2.45) is 5.92 Å². The van der Waals surface area contributed by atoms with Crippen LogP contribution in [0.1, 0.15) is 38.7 Å². The molecule has 2 aliphatic heterocycles. The first kappa shape index (κ1) is 13.0. The van der Waals surface area contributed by atoms with E-state index in [1.54, 1.807) is 0 Å². The lowest BCUT2D eigenvalue weighted by atomic mass is 9.91. The summed E-state index contributed by atoms with van der Waals surface area (Å²) in [5, 5.41) is 3.66. The Kier molecular flexibility index (Phi) is 3.79. The molecule has 1 aromatic carbocycles. The third kappa shape index (κ3) is 2.79. The summed E-state index contributed by atoms with van der Waals surface area (Å²) in [4.78, 5) is 2.75. The Morgan fingerprint density at radius 1 is 1.16 bits per heavy atom. The van der Waals surface area contributed by atoms with Gasteiger partial charge in [-0.3, -0.25) is 4.90 Å². The molecule has 0 amide bonds. The summed E-state index contributed by atoms with van der Waals surface area (Å²) in [6, 6.07) is 10.2. The lowest BCUT2D eigenvalue weighted by molar-refractivity contribution is 0.0835. The van der Waals surface area contributed by atoms with E-state index in [1.807, 2.05) is 0 Å². The summed E-state index contributed by atoms with van der Waals surface area (Å²) in [5.74, 6) is 0.905. The molecule has 0 aliphatic carbocycles. The average Bonchev–Trinajstić information content (AvgIpc) is 2.62. The Labute approximate surface area is 117 Å². The van der Waals surface area contributed by atoms with E-state index >= 15 is 0 Å². The Hall–Kier alpha value is -1.02. The SMILES string of the molecule is CC1CCN(C2CCc3ccccc3NC2)C(C)C1. The summed E-state index contributed by atoms with van der Waals surface area (Å²) in [5.41, 5.74) is 2.84. The highest BCUT2D eigenvalue weighted by atomic mass is 15.2. The van der Waals surface area contributed by atoms with Gasteiger partial charge >= 0.3 is 0 Å². The molecule has 1 saturated heterocycles. The number of benzene rings is 1. The summed E-state index contributed by atoms with van der Waals surface area (Å²) >= 11 is 0. The molecule has 2 nitrogen and oxygen atoms in total. The van der Waals surface area contributed by atoms with Gasteiger partial charge in [0.2, 0.25) is 0 Å². The van der Waals surface area contributed by atoms with Gasteiger partial charge in [0.25, 0.3) is 0 Å². The van der Waals surface area contributed by atoms with Crippen molar-refractivity contribution < 1.29 is 0 Å². The summed E-state index contributed by atoms with van der Waals surface area (Å²) in [6.45, 7) is 7.20. The normalized spacial score (nSPS) is 32.2. The second kappa shape index (κ2) is 5.54. The third-order valence-electron chi connectivity index (χ3n) is 4.95. The van der Waals surface area contributed by atoms with Gasteiger partial charge in [0.05, 0.1) is 0 Å². The monoisotopic (exact) mass is 258 g/mol. The van der Waals surface area contributed by atoms with Crippen molar-refractivity contribution in [1.29, 1.82) is 0 Å². The molecule has 0 saturated carbocycles. The molecular weight excluding hydrogens is 232 g/mol. The van der Waals surface area contributed by atoms with Gasteiger partial charge in [-0.05, 0) is 56.7 Å². The molecule has 3 rings (SSSR count). The van der Waals surface area contributed by atoms with Crippen molar-refractivity contribution in [2.75, 3.05) is 18.4 Å². The minimum Gasteiger partial charge on any atom is -0.383 e. The number of piperidine rings is 1. The number of nitrogens with zero attached hydrogens (tertiary/aromatic N) is 1. The van der Waals surface area contributed by atoms with Crippen LogP contribution >= 0.6 is 0 Å². The van der Waals surface area contributed by atoms with Gasteiger partial charge in [0, 0.05) is 24.3 Å². The number of nitrogens with one attached hydrogen (secondary N) is 1. The maximum absolute atomic E-state index is 3.66. The summed E-state index contributed by atoms with van der Waals surface area (Å²) in [7, 11) is 0. The first-order valence-corrected chi connectivity index (χ1v) is 7.81. The molecule has 0 spiro atoms. The first-order chi connectivity index (χ1) is 9.24. The fourth-order valence-electron chi connectivity index (χ4n) is 3.81. The van der Waals surface area contributed by atoms with E-state index in [0.717, 1.165) is 18.5 Å². The molecule has 3 atom stereocenters. The van der Waals surface area contributed by atoms with E-state index in [4.69, 9.17) is 0 Å². The van der Waals surface area contributed by atoms with Gasteiger partial charge < -0.3 is 5.32 Å². The van der Waals surface area contributed by atoms with Crippen molar-refractivity contribution in [1.82, 2.24) is 4.90 Å². The smallest absolute Gasteiger partial charge is 0.0373 e. The Morgan fingerprint density at radius 3 is 2.84 bits per heavy atom. The van der Waals surface area contributed by atoms with E-state index in [9.17, 15) is 0 Å². The van der Waals surface area contributed by atoms with Gasteiger partial charge in [-0.25, -0.2) is 0 Å². The molecule has 19 heavy (non-hydrogen) atoms. The van der Waals surface area contributed by atoms with Crippen molar-refractivity contribution in [3.05, 3.63) is 29.8 Å². The average molecular weight is 258 g/mol. The molecule has 0 bridgehead atoms. The molecule has 104 valence electrons. The minimum atomic E-state index is 0.704. The Balaban J connectivity index is 1.68. The zero-order valence-electron chi connectivity index (χ0n) is 12.2. The zero-order valence-corrected chi connectivity index (χ0v) is 12.2. The fraction of sp³-hybridized carbons (Fsp3) is 0.647. The van der Waals surface area contributed by atoms with Crippen LogP contribution in [0.4, 0.5) is 5.69 Å². The van der Waals surface area contributed by atoms with Crippen LogP contribution in [0.15, 0.2) is 24.3 Å². The molecule has 1 N–H and O–H groups in total. The summed E-state index contributed by atoms with van der Waals surface area (Å²) < 4.78 is 0. The van der Waals surface area contributed by atoms with Crippen LogP contribution in [0.3, 0.4) is 0 Å². The van der Waals surface area contributed by atoms with Crippen molar-refractivity contribution in [3.8, 4) is 0 Å². The molecule has 2 heterocycles. The summed E-state index contributed by atoms with van der Waals surface area (Å²) in [6.07, 6.45) is 5.24. The molecule has 0 radical (unpaired) electrons. The number of fused-ring (bicyclic) bond motifs is 1. The first-order valence-electron chi connectivity index (χ1n) is 7.81. The zero-order chi connectivity index (χ0) is 13.2. The van der Waals surface area contributed by atoms with E-state index in [2.05, 4.69) is 48.3 Å². The molecule has 0 aromatic heterocycles. The number of aryl methyl sites for hydroxylation is 1. The van der Waals surface area contributed by atoms with Gasteiger partial charge in [0.15, 0.2) is 0 Å². The van der Waals surface area contributed by atoms with Gasteiger partial charge in [-0.1, -0.05) is 25.1 Å². The van der Waals surface area contributed by atoms with Crippen LogP contribution in [-0.4, -0.2) is 30.1 Å². The van der Waals surface area contributed by atoms with E-state index in [0.29, 0.717) is 6.04 Å². The number of likely N-dealkylation sites (tertiary alicyclic amines) is 1. The predicted molar refractivity (Wildman–Crippen MR) is 81.6 cm³/mol. The fourth-order valence-corrected chi connectivity index (χ4v) is 3.81. The Morgan fingerprint density at radius 2 is 2.00 bits per heavy atom. The van der Waals surface area contributed by atoms with Gasteiger partial charge in [-0.15, -0.1) is 0 Å². The van der Waals surface area contributed by atoms with Crippen LogP contribution in [0.5, 0.6) is 0 Å². The molecule has 2 aliphatic rings. The van der Waals surface area contributed by atoms with Crippen molar-refractivity contribution in [2.45, 2.75) is 51.6 Å². The largest absolute Gasteiger partial charge is 0.383 e. The highest BCUT2D eigenvalue weighted by molar-refractivity contribution is 5.52. The number of para-hydroxylation sites is 1. The van der Waals surface area contributed by atoms with Crippen molar-refractivity contribution in [3.63, 3.8) is 0 Å². The molecule has 2 heteroatoms. The van der Waals surface area contributed by atoms with E-state index < -0.39 is 0 Å². The van der Waals surface area contributed by atoms with E-state index in [1.165, 1.54) is 43.5 Å². The minimum absolute atomic E-state index is 0.704. The van der Waals surface area contributed by atoms with Crippen LogP contribution < -0.4 is 5.32 Å². The maximum atomic E-state index is 3.66. The van der Waals surface area contributed by atoms with Crippen LogP contribution in [0.2, 0.25) is 0 Å². The predicted octanol–water partition coefficient (Wildman–Crippen LogP) is 3.53. The van der Waals surface area contributed by atoms with E-state index in [-0.39, 0.29) is 0 Å². The number of hydrogen-bond donors (Lipinski definition) is 1. The standard InChI is InChI=1S/C17H26N2/c1-13-9-10-19(14(2)11-13)16-8-7-15-5-3-4-6-17(15)18-12-16/h3-6,13-14,16,18H,7-12H2,1-2H3. The van der Waals surface area contributed by atoms with Crippen molar-refractivity contribution >= 4 is 5.69 Å². The maximum Gasteiger partial charge on any atom is 0.0373 e. The second-order valence-electron chi connectivity index (χ2n) is 6.45. The molecular formula is C17H26N2. The quantitative estimate of drug-likeness (QED) is 0.829. The Bertz CT molecular complexity index is 402. The highest BCUT2D eigenvalue weighted by Gasteiger charge is 2.29. The van der Waals surface area contributed by atoms with Crippen LogP contribution in [0.25, 0.3) is 0 Å². The molecule has 1 aromatic rings. The second-order valence-corrected chi connectivity index (χ2v) is 6.45. The third-order valence-corrected chi connectivity index (χ3v) is 4.95. The van der Waals surface area contributed by atoms with Gasteiger partial charge in [0.1, 0.15) is 0 Å². The molecule has 3 unspecified atom stereocenters. The van der Waals surface area contributed by atoms with Gasteiger partial charge in [-0.2, -0.15) is 0 Å². The highest BCUT2D eigenvalue weighted by Crippen LogP contribution is 2.28. The number of hydrogen-bond acceptors (Lipinski definition) is 2. The lowest BCUT2D eigenvalue weighted by Crippen LogP contribution is -2.49. The van der Waals surface area contributed by atoms with Crippen LogP contribution in [-0.2, 0) is 6.42 Å². The van der Waals surface area contributed by atoms with Crippen LogP contribution in [0, 0.1) is 5.92 Å². The molecule has 1 fully saturated rings. The topological polar surface area (TPSA) is 15.3 Å². The number of anilines is 1. The number of rotatable bonds is 1.